The zero-order chi connectivity index (χ0) is 13.8. The van der Waals surface area contributed by atoms with Crippen LogP contribution in [0.2, 0.25) is 0 Å². The Bertz CT molecular complexity index is 555. The Morgan fingerprint density at radius 2 is 1.90 bits per heavy atom. The Hall–Kier alpha value is -1.32. The molecule has 1 aromatic carbocycles. The second-order valence-electron chi connectivity index (χ2n) is 6.59. The Balaban J connectivity index is 1.58. The maximum absolute atomic E-state index is 10.0. The van der Waals surface area contributed by atoms with Crippen LogP contribution in [0.3, 0.4) is 0 Å². The molecule has 2 bridgehead atoms. The summed E-state index contributed by atoms with van der Waals surface area (Å²) in [6.45, 7) is 3.32. The average Bonchev–Trinajstić information content (AvgIpc) is 3.04. The van der Waals surface area contributed by atoms with Gasteiger partial charge in [0.1, 0.15) is 5.75 Å². The molecule has 2 aliphatic carbocycles. The SMILES string of the molecule is CC1(c2ccccc2O)OCC2(CO1)CC1C=CC2C1. The molecule has 1 N–H and O–H groups in total. The largest absolute Gasteiger partial charge is 0.507 e. The lowest BCUT2D eigenvalue weighted by Crippen LogP contribution is -2.48. The molecule has 3 heteroatoms. The normalized spacial score (nSPS) is 42.5. The van der Waals surface area contributed by atoms with Crippen LogP contribution in [0.15, 0.2) is 36.4 Å². The fourth-order valence-corrected chi connectivity index (χ4v) is 4.04. The standard InChI is InChI=1S/C17H20O3/c1-16(14-4-2-3-5-15(14)18)19-10-17(11-20-16)9-12-6-7-13(17)8-12/h2-7,12-13,18H,8-11H2,1H3. The molecule has 4 rings (SSSR count). The molecule has 1 spiro atoms. The van der Waals surface area contributed by atoms with Gasteiger partial charge in [0.2, 0.25) is 0 Å². The first-order valence-corrected chi connectivity index (χ1v) is 7.36. The molecule has 2 unspecified atom stereocenters. The number of ether oxygens (including phenoxy) is 2. The van der Waals surface area contributed by atoms with E-state index in [2.05, 4.69) is 12.2 Å². The number of hydrogen-bond donors (Lipinski definition) is 1. The van der Waals surface area contributed by atoms with Gasteiger partial charge in [-0.2, -0.15) is 0 Å². The Morgan fingerprint density at radius 1 is 1.15 bits per heavy atom. The van der Waals surface area contributed by atoms with Crippen molar-refractivity contribution in [1.82, 2.24) is 0 Å². The van der Waals surface area contributed by atoms with Crippen LogP contribution >= 0.6 is 0 Å². The molecule has 1 saturated carbocycles. The van der Waals surface area contributed by atoms with Gasteiger partial charge < -0.3 is 14.6 Å². The number of fused-ring (bicyclic) bond motifs is 3. The van der Waals surface area contributed by atoms with Crippen LogP contribution in [0.5, 0.6) is 5.75 Å². The van der Waals surface area contributed by atoms with E-state index in [1.54, 1.807) is 6.07 Å². The van der Waals surface area contributed by atoms with Crippen molar-refractivity contribution in [3.8, 4) is 5.75 Å². The third-order valence-corrected chi connectivity index (χ3v) is 5.29. The maximum Gasteiger partial charge on any atom is 0.195 e. The first-order valence-electron chi connectivity index (χ1n) is 7.36. The molecule has 0 radical (unpaired) electrons. The summed E-state index contributed by atoms with van der Waals surface area (Å²) in [5.41, 5.74) is 0.872. The second-order valence-corrected chi connectivity index (χ2v) is 6.59. The van der Waals surface area contributed by atoms with E-state index in [9.17, 15) is 5.11 Å². The van der Waals surface area contributed by atoms with Gasteiger partial charge in [0, 0.05) is 5.41 Å². The molecular weight excluding hydrogens is 252 g/mol. The molecule has 3 aliphatic rings. The lowest BCUT2D eigenvalue weighted by molar-refractivity contribution is -0.308. The van der Waals surface area contributed by atoms with Crippen LogP contribution in [0.1, 0.15) is 25.3 Å². The van der Waals surface area contributed by atoms with E-state index >= 15 is 0 Å². The summed E-state index contributed by atoms with van der Waals surface area (Å²) in [6, 6.07) is 7.26. The minimum atomic E-state index is -0.831. The van der Waals surface area contributed by atoms with Crippen LogP contribution < -0.4 is 0 Å². The highest BCUT2D eigenvalue weighted by Gasteiger charge is 2.53. The van der Waals surface area contributed by atoms with Gasteiger partial charge in [-0.05, 0) is 43.7 Å². The molecule has 2 atom stereocenters. The predicted octanol–water partition coefficient (Wildman–Crippen LogP) is 3.19. The number of benzene rings is 1. The Morgan fingerprint density at radius 3 is 2.50 bits per heavy atom. The summed E-state index contributed by atoms with van der Waals surface area (Å²) in [5, 5.41) is 10.0. The molecule has 1 aromatic rings. The van der Waals surface area contributed by atoms with E-state index < -0.39 is 5.79 Å². The third kappa shape index (κ3) is 1.66. The monoisotopic (exact) mass is 272 g/mol. The molecular formula is C17H20O3. The summed E-state index contributed by atoms with van der Waals surface area (Å²) in [7, 11) is 0. The summed E-state index contributed by atoms with van der Waals surface area (Å²) in [4.78, 5) is 0. The van der Waals surface area contributed by atoms with Crippen LogP contribution in [-0.2, 0) is 15.3 Å². The number of rotatable bonds is 1. The molecule has 1 aliphatic heterocycles. The second kappa shape index (κ2) is 4.09. The molecule has 3 nitrogen and oxygen atoms in total. The Labute approximate surface area is 119 Å². The van der Waals surface area contributed by atoms with Gasteiger partial charge in [-0.1, -0.05) is 24.3 Å². The highest BCUT2D eigenvalue weighted by Crippen LogP contribution is 2.55. The van der Waals surface area contributed by atoms with Crippen molar-refractivity contribution >= 4 is 0 Å². The zero-order valence-electron chi connectivity index (χ0n) is 11.7. The number of phenolic OH excluding ortho intramolecular Hbond substituents is 1. The first kappa shape index (κ1) is 12.4. The van der Waals surface area contributed by atoms with Crippen LogP contribution in [0, 0.1) is 17.3 Å². The lowest BCUT2D eigenvalue weighted by Gasteiger charge is -2.46. The molecule has 106 valence electrons. The summed E-state index contributed by atoms with van der Waals surface area (Å²) in [5.74, 6) is 0.712. The average molecular weight is 272 g/mol. The number of para-hydroxylation sites is 1. The quantitative estimate of drug-likeness (QED) is 0.798. The number of phenols is 1. The Kier molecular flexibility index (Phi) is 2.54. The van der Waals surface area contributed by atoms with E-state index in [0.29, 0.717) is 30.6 Å². The van der Waals surface area contributed by atoms with E-state index in [4.69, 9.17) is 9.47 Å². The maximum atomic E-state index is 10.0. The van der Waals surface area contributed by atoms with Crippen molar-refractivity contribution in [2.45, 2.75) is 25.6 Å². The van der Waals surface area contributed by atoms with Gasteiger partial charge in [0.15, 0.2) is 5.79 Å². The zero-order valence-corrected chi connectivity index (χ0v) is 11.7. The lowest BCUT2D eigenvalue weighted by atomic mass is 9.76. The number of allylic oxidation sites excluding steroid dienone is 2. The first-order chi connectivity index (χ1) is 9.61. The highest BCUT2D eigenvalue weighted by atomic mass is 16.7. The van der Waals surface area contributed by atoms with E-state index in [1.807, 2.05) is 25.1 Å². The molecule has 0 amide bonds. The van der Waals surface area contributed by atoms with E-state index in [-0.39, 0.29) is 11.2 Å². The predicted molar refractivity (Wildman–Crippen MR) is 75.1 cm³/mol. The molecule has 2 fully saturated rings. The minimum Gasteiger partial charge on any atom is -0.507 e. The minimum absolute atomic E-state index is 0.156. The molecule has 1 heterocycles. The summed E-state index contributed by atoms with van der Waals surface area (Å²) >= 11 is 0. The van der Waals surface area contributed by atoms with Crippen molar-refractivity contribution in [1.29, 1.82) is 0 Å². The van der Waals surface area contributed by atoms with Gasteiger partial charge in [-0.3, -0.25) is 0 Å². The van der Waals surface area contributed by atoms with Crippen LogP contribution in [0.4, 0.5) is 0 Å². The summed E-state index contributed by atoms with van der Waals surface area (Å²) < 4.78 is 12.2. The van der Waals surface area contributed by atoms with Gasteiger partial charge >= 0.3 is 0 Å². The van der Waals surface area contributed by atoms with Crippen molar-refractivity contribution < 1.29 is 14.6 Å². The number of aromatic hydroxyl groups is 1. The number of hydrogen-bond acceptors (Lipinski definition) is 3. The molecule has 0 aromatic heterocycles. The van der Waals surface area contributed by atoms with Gasteiger partial charge in [0.25, 0.3) is 0 Å². The highest BCUT2D eigenvalue weighted by molar-refractivity contribution is 5.35. The van der Waals surface area contributed by atoms with Gasteiger partial charge in [-0.25, -0.2) is 0 Å². The van der Waals surface area contributed by atoms with Crippen molar-refractivity contribution in [3.05, 3.63) is 42.0 Å². The van der Waals surface area contributed by atoms with Crippen LogP contribution in [-0.4, -0.2) is 18.3 Å². The van der Waals surface area contributed by atoms with E-state index in [0.717, 1.165) is 0 Å². The van der Waals surface area contributed by atoms with Gasteiger partial charge in [0.05, 0.1) is 18.8 Å². The topological polar surface area (TPSA) is 38.7 Å². The third-order valence-electron chi connectivity index (χ3n) is 5.29. The van der Waals surface area contributed by atoms with Crippen molar-refractivity contribution in [2.24, 2.45) is 17.3 Å². The van der Waals surface area contributed by atoms with Crippen molar-refractivity contribution in [3.63, 3.8) is 0 Å². The summed E-state index contributed by atoms with van der Waals surface area (Å²) in [6.07, 6.45) is 7.10. The fraction of sp³-hybridized carbons (Fsp3) is 0.529. The molecule has 20 heavy (non-hydrogen) atoms. The van der Waals surface area contributed by atoms with Gasteiger partial charge in [-0.15, -0.1) is 0 Å². The van der Waals surface area contributed by atoms with E-state index in [1.165, 1.54) is 12.8 Å². The molecule has 1 saturated heterocycles. The smallest absolute Gasteiger partial charge is 0.195 e. The fourth-order valence-electron chi connectivity index (χ4n) is 4.04. The van der Waals surface area contributed by atoms with Crippen LogP contribution in [0.25, 0.3) is 0 Å². The van der Waals surface area contributed by atoms with Crippen molar-refractivity contribution in [2.75, 3.05) is 13.2 Å².